The Kier molecular flexibility index (Phi) is 3.78. The van der Waals surface area contributed by atoms with Crippen molar-refractivity contribution in [3.63, 3.8) is 0 Å². The lowest BCUT2D eigenvalue weighted by molar-refractivity contribution is 1.02. The molecule has 0 fully saturated rings. The molecule has 0 aliphatic heterocycles. The third kappa shape index (κ3) is 2.48. The third-order valence-corrected chi connectivity index (χ3v) is 7.30. The second-order valence-electron chi connectivity index (χ2n) is 9.21. The van der Waals surface area contributed by atoms with Crippen molar-refractivity contribution in [3.05, 3.63) is 126 Å². The summed E-state index contributed by atoms with van der Waals surface area (Å²) < 4.78 is 3.79. The number of nitrogens with zero attached hydrogens (tertiary/aromatic N) is 3. The van der Waals surface area contributed by atoms with Crippen LogP contribution < -0.4 is 5.56 Å². The molecule has 4 heteroatoms. The molecule has 168 valence electrons. The summed E-state index contributed by atoms with van der Waals surface area (Å²) in [5.41, 5.74) is 4.68. The first-order valence-electron chi connectivity index (χ1n) is 12.0. The highest BCUT2D eigenvalue weighted by Gasteiger charge is 2.17. The van der Waals surface area contributed by atoms with E-state index in [1.54, 1.807) is 4.57 Å². The first-order chi connectivity index (χ1) is 17.8. The Labute approximate surface area is 205 Å². The van der Waals surface area contributed by atoms with E-state index in [-0.39, 0.29) is 5.56 Å². The lowest BCUT2D eigenvalue weighted by Crippen LogP contribution is -2.21. The number of rotatable bonds is 1. The second-order valence-corrected chi connectivity index (χ2v) is 9.21. The molecule has 0 saturated carbocycles. The zero-order valence-electron chi connectivity index (χ0n) is 19.2. The van der Waals surface area contributed by atoms with Crippen molar-refractivity contribution in [1.29, 1.82) is 0 Å². The SMILES string of the molecule is O=c1c2nc3ccccc3n2c2ccccc2n1-c1ccc2c3ccccc3c3ccccc3c2c1. The van der Waals surface area contributed by atoms with Gasteiger partial charge in [0.25, 0.3) is 5.56 Å². The van der Waals surface area contributed by atoms with Gasteiger partial charge in [0, 0.05) is 0 Å². The van der Waals surface area contributed by atoms with Crippen LogP contribution in [0.2, 0.25) is 0 Å². The van der Waals surface area contributed by atoms with Gasteiger partial charge in [0.15, 0.2) is 0 Å². The van der Waals surface area contributed by atoms with Gasteiger partial charge in [-0.1, -0.05) is 78.9 Å². The maximum Gasteiger partial charge on any atom is 0.299 e. The standard InChI is InChI=1S/C32H19N3O/c36-32-31-33-27-13-5-6-14-28(27)35(31)30-16-8-7-15-29(30)34(32)20-17-18-25-23-11-2-1-9-21(23)22-10-3-4-12-24(22)26(25)19-20/h1-19H. The number of hydrogen-bond donors (Lipinski definition) is 0. The van der Waals surface area contributed by atoms with Gasteiger partial charge in [0.2, 0.25) is 5.65 Å². The Morgan fingerprint density at radius 1 is 0.500 bits per heavy atom. The van der Waals surface area contributed by atoms with E-state index in [0.717, 1.165) is 33.1 Å². The van der Waals surface area contributed by atoms with Gasteiger partial charge in [-0.25, -0.2) is 4.98 Å². The highest BCUT2D eigenvalue weighted by Crippen LogP contribution is 2.36. The second kappa shape index (κ2) is 7.03. The van der Waals surface area contributed by atoms with Gasteiger partial charge in [-0.3, -0.25) is 13.8 Å². The third-order valence-electron chi connectivity index (χ3n) is 7.30. The van der Waals surface area contributed by atoms with Crippen molar-refractivity contribution in [1.82, 2.24) is 14.0 Å². The van der Waals surface area contributed by atoms with Gasteiger partial charge in [0.05, 0.1) is 27.8 Å². The molecule has 0 atom stereocenters. The minimum Gasteiger partial charge on any atom is -0.286 e. The summed E-state index contributed by atoms with van der Waals surface area (Å²) in [6.45, 7) is 0. The average molecular weight is 462 g/mol. The number of hydrogen-bond acceptors (Lipinski definition) is 2. The number of benzene rings is 6. The van der Waals surface area contributed by atoms with Crippen LogP contribution in [0.4, 0.5) is 0 Å². The number of aromatic nitrogens is 3. The van der Waals surface area contributed by atoms with Crippen LogP contribution in [0.5, 0.6) is 0 Å². The summed E-state index contributed by atoms with van der Waals surface area (Å²) in [6.07, 6.45) is 0. The monoisotopic (exact) mass is 461 g/mol. The molecule has 0 aliphatic rings. The molecular weight excluding hydrogens is 442 g/mol. The molecule has 0 amide bonds. The zero-order valence-corrected chi connectivity index (χ0v) is 19.2. The van der Waals surface area contributed by atoms with Crippen LogP contribution in [0, 0.1) is 0 Å². The molecule has 2 aromatic heterocycles. The Balaban J connectivity index is 1.55. The van der Waals surface area contributed by atoms with Crippen LogP contribution >= 0.6 is 0 Å². The fraction of sp³-hybridized carbons (Fsp3) is 0. The maximum absolute atomic E-state index is 14.0. The van der Waals surface area contributed by atoms with E-state index in [0.29, 0.717) is 5.65 Å². The van der Waals surface area contributed by atoms with Gasteiger partial charge in [-0.15, -0.1) is 0 Å². The van der Waals surface area contributed by atoms with Gasteiger partial charge in [-0.05, 0) is 68.7 Å². The van der Waals surface area contributed by atoms with E-state index in [2.05, 4.69) is 72.8 Å². The highest BCUT2D eigenvalue weighted by atomic mass is 16.1. The van der Waals surface area contributed by atoms with Crippen molar-refractivity contribution in [3.8, 4) is 5.69 Å². The van der Waals surface area contributed by atoms with E-state index < -0.39 is 0 Å². The normalized spacial score (nSPS) is 12.0. The van der Waals surface area contributed by atoms with Crippen molar-refractivity contribution in [2.75, 3.05) is 0 Å². The Morgan fingerprint density at radius 3 is 1.72 bits per heavy atom. The fourth-order valence-electron chi connectivity index (χ4n) is 5.76. The lowest BCUT2D eigenvalue weighted by atomic mass is 9.94. The fourth-order valence-corrected chi connectivity index (χ4v) is 5.76. The Morgan fingerprint density at radius 2 is 1.03 bits per heavy atom. The molecule has 8 rings (SSSR count). The molecule has 0 radical (unpaired) electrons. The molecule has 0 aliphatic carbocycles. The van der Waals surface area contributed by atoms with Crippen molar-refractivity contribution in [2.24, 2.45) is 0 Å². The average Bonchev–Trinajstić information content (AvgIpc) is 3.34. The largest absolute Gasteiger partial charge is 0.299 e. The molecule has 2 heterocycles. The number of imidazole rings is 1. The van der Waals surface area contributed by atoms with Crippen LogP contribution in [0.1, 0.15) is 0 Å². The molecule has 0 saturated heterocycles. The predicted octanol–water partition coefficient (Wildman–Crippen LogP) is 7.25. The van der Waals surface area contributed by atoms with Crippen molar-refractivity contribution in [2.45, 2.75) is 0 Å². The first kappa shape index (κ1) is 19.4. The number of fused-ring (bicyclic) bond motifs is 11. The molecule has 4 nitrogen and oxygen atoms in total. The summed E-state index contributed by atoms with van der Waals surface area (Å²) >= 11 is 0. The van der Waals surface area contributed by atoms with E-state index in [9.17, 15) is 4.79 Å². The van der Waals surface area contributed by atoms with E-state index >= 15 is 0 Å². The molecule has 36 heavy (non-hydrogen) atoms. The van der Waals surface area contributed by atoms with Gasteiger partial charge in [-0.2, -0.15) is 0 Å². The van der Waals surface area contributed by atoms with E-state index in [1.165, 1.54) is 26.9 Å². The smallest absolute Gasteiger partial charge is 0.286 e. The lowest BCUT2D eigenvalue weighted by Gasteiger charge is -2.15. The van der Waals surface area contributed by atoms with Crippen molar-refractivity contribution < 1.29 is 0 Å². The van der Waals surface area contributed by atoms with Gasteiger partial charge < -0.3 is 0 Å². The zero-order chi connectivity index (χ0) is 23.8. The minimum absolute atomic E-state index is 0.130. The van der Waals surface area contributed by atoms with Crippen molar-refractivity contribution >= 4 is 60.0 Å². The Hall–Kier alpha value is -4.96. The van der Waals surface area contributed by atoms with Gasteiger partial charge >= 0.3 is 0 Å². The molecule has 0 spiro atoms. The predicted molar refractivity (Wildman–Crippen MR) is 148 cm³/mol. The Bertz CT molecular complexity index is 2200. The summed E-state index contributed by atoms with van der Waals surface area (Å²) in [5, 5.41) is 7.15. The highest BCUT2D eigenvalue weighted by molar-refractivity contribution is 6.25. The molecule has 0 N–H and O–H groups in total. The molecule has 0 unspecified atom stereocenters. The maximum atomic E-state index is 14.0. The van der Waals surface area contributed by atoms with Gasteiger partial charge in [0.1, 0.15) is 0 Å². The molecule has 0 bridgehead atoms. The molecular formula is C32H19N3O. The summed E-state index contributed by atoms with van der Waals surface area (Å²) in [7, 11) is 0. The van der Waals surface area contributed by atoms with Crippen LogP contribution in [0.3, 0.4) is 0 Å². The van der Waals surface area contributed by atoms with E-state index in [4.69, 9.17) is 4.98 Å². The van der Waals surface area contributed by atoms with Crippen LogP contribution in [0.15, 0.2) is 120 Å². The summed E-state index contributed by atoms with van der Waals surface area (Å²) in [5.74, 6) is 0. The van der Waals surface area contributed by atoms with Crippen LogP contribution in [-0.2, 0) is 0 Å². The van der Waals surface area contributed by atoms with E-state index in [1.807, 2.05) is 46.9 Å². The number of para-hydroxylation sites is 4. The molecule has 8 aromatic rings. The van der Waals surface area contributed by atoms with Crippen LogP contribution in [0.25, 0.3) is 65.7 Å². The summed E-state index contributed by atoms with van der Waals surface area (Å²) in [4.78, 5) is 18.7. The molecule has 6 aromatic carbocycles. The van der Waals surface area contributed by atoms with Crippen LogP contribution in [-0.4, -0.2) is 14.0 Å². The minimum atomic E-state index is -0.130. The topological polar surface area (TPSA) is 39.3 Å². The summed E-state index contributed by atoms with van der Waals surface area (Å²) in [6, 6.07) is 39.3. The first-order valence-corrected chi connectivity index (χ1v) is 12.0. The quantitative estimate of drug-likeness (QED) is 0.242.